The normalized spacial score (nSPS) is 16.2. The highest BCUT2D eigenvalue weighted by Gasteiger charge is 2.31. The van der Waals surface area contributed by atoms with Crippen molar-refractivity contribution in [3.8, 4) is 0 Å². The fourth-order valence-electron chi connectivity index (χ4n) is 3.65. The van der Waals surface area contributed by atoms with Crippen LogP contribution in [-0.4, -0.2) is 25.2 Å². The van der Waals surface area contributed by atoms with Gasteiger partial charge in [0.2, 0.25) is 0 Å². The lowest BCUT2D eigenvalue weighted by atomic mass is 10.1. The Morgan fingerprint density at radius 2 is 2.08 bits per heavy atom. The van der Waals surface area contributed by atoms with E-state index >= 15 is 0 Å². The molecule has 0 bridgehead atoms. The van der Waals surface area contributed by atoms with Crippen molar-refractivity contribution in [1.29, 1.82) is 0 Å². The highest BCUT2D eigenvalue weighted by Crippen LogP contribution is 2.29. The number of carbonyl (C=O) groups is 1. The van der Waals surface area contributed by atoms with E-state index in [9.17, 15) is 9.59 Å². The number of hydrogen-bond donors (Lipinski definition) is 0. The van der Waals surface area contributed by atoms with Crippen LogP contribution in [0.4, 0.5) is 0 Å². The van der Waals surface area contributed by atoms with Crippen molar-refractivity contribution in [2.75, 3.05) is 0 Å². The minimum atomic E-state index is -0.209. The number of amides is 1. The third-order valence-corrected chi connectivity index (χ3v) is 5.58. The van der Waals surface area contributed by atoms with E-state index in [1.807, 2.05) is 17.7 Å². The van der Waals surface area contributed by atoms with Crippen LogP contribution < -0.4 is 5.56 Å². The molecule has 24 heavy (non-hydrogen) atoms. The van der Waals surface area contributed by atoms with E-state index in [0.717, 1.165) is 48.3 Å². The summed E-state index contributed by atoms with van der Waals surface area (Å²) in [7, 11) is 1.70. The van der Waals surface area contributed by atoms with E-state index in [0.29, 0.717) is 18.8 Å². The zero-order valence-corrected chi connectivity index (χ0v) is 14.6. The van der Waals surface area contributed by atoms with Crippen LogP contribution in [0.5, 0.6) is 0 Å². The Hall–Kier alpha value is -2.08. The van der Waals surface area contributed by atoms with Crippen LogP contribution in [0.3, 0.4) is 0 Å². The molecule has 2 aliphatic rings. The van der Waals surface area contributed by atoms with Crippen molar-refractivity contribution in [3.05, 3.63) is 49.7 Å². The van der Waals surface area contributed by atoms with Crippen LogP contribution in [0, 0.1) is 6.92 Å². The van der Waals surface area contributed by atoms with E-state index in [1.54, 1.807) is 16.5 Å². The standard InChI is InChI=1S/C17H19ClN4O2/c1-10-12-8-21(9-14(12)20(2)17(24)15(10)18)16(23)13-7-11-5-3-4-6-22(11)19-13/h7H,3-6,8-9H2,1-2H3. The number of carbonyl (C=O) groups excluding carboxylic acids is 1. The molecule has 0 radical (unpaired) electrons. The first-order valence-electron chi connectivity index (χ1n) is 8.20. The average Bonchev–Trinajstić information content (AvgIpc) is 3.21. The van der Waals surface area contributed by atoms with Gasteiger partial charge in [0.25, 0.3) is 11.5 Å². The van der Waals surface area contributed by atoms with Gasteiger partial charge in [-0.1, -0.05) is 11.6 Å². The van der Waals surface area contributed by atoms with Gasteiger partial charge in [-0.05, 0) is 43.4 Å². The molecule has 2 aliphatic heterocycles. The summed E-state index contributed by atoms with van der Waals surface area (Å²) in [6.45, 7) is 3.61. The van der Waals surface area contributed by atoms with Gasteiger partial charge in [0.05, 0.1) is 6.54 Å². The van der Waals surface area contributed by atoms with Crippen molar-refractivity contribution in [2.45, 2.75) is 45.8 Å². The lowest BCUT2D eigenvalue weighted by Gasteiger charge is -2.13. The third-order valence-electron chi connectivity index (χ3n) is 5.14. The highest BCUT2D eigenvalue weighted by molar-refractivity contribution is 6.31. The molecule has 4 heterocycles. The summed E-state index contributed by atoms with van der Waals surface area (Å²) in [5.74, 6) is -0.0870. The van der Waals surface area contributed by atoms with Gasteiger partial charge in [0, 0.05) is 31.5 Å². The second-order valence-electron chi connectivity index (χ2n) is 6.59. The average molecular weight is 347 g/mol. The van der Waals surface area contributed by atoms with Crippen molar-refractivity contribution in [2.24, 2.45) is 7.05 Å². The molecule has 126 valence electrons. The summed E-state index contributed by atoms with van der Waals surface area (Å²) in [6, 6.07) is 1.91. The maximum absolute atomic E-state index is 12.9. The predicted molar refractivity (Wildman–Crippen MR) is 90.2 cm³/mol. The first-order valence-corrected chi connectivity index (χ1v) is 8.58. The zero-order chi connectivity index (χ0) is 17.0. The number of pyridine rings is 1. The molecule has 2 aromatic rings. The number of aryl methyl sites for hydroxylation is 2. The van der Waals surface area contributed by atoms with E-state index < -0.39 is 0 Å². The van der Waals surface area contributed by atoms with E-state index in [-0.39, 0.29) is 16.5 Å². The van der Waals surface area contributed by atoms with E-state index in [4.69, 9.17) is 11.6 Å². The predicted octanol–water partition coefficient (Wildman–Crippen LogP) is 2.04. The van der Waals surface area contributed by atoms with Gasteiger partial charge in [0.15, 0.2) is 5.69 Å². The summed E-state index contributed by atoms with van der Waals surface area (Å²) in [5, 5.41) is 4.71. The van der Waals surface area contributed by atoms with Crippen LogP contribution in [0.25, 0.3) is 0 Å². The first-order chi connectivity index (χ1) is 11.5. The van der Waals surface area contributed by atoms with E-state index in [1.165, 1.54) is 0 Å². The van der Waals surface area contributed by atoms with Gasteiger partial charge in [-0.15, -0.1) is 0 Å². The molecule has 0 spiro atoms. The third kappa shape index (κ3) is 2.20. The fraction of sp³-hybridized carbons (Fsp3) is 0.471. The lowest BCUT2D eigenvalue weighted by molar-refractivity contribution is 0.0742. The van der Waals surface area contributed by atoms with Crippen LogP contribution in [0.15, 0.2) is 10.9 Å². The summed E-state index contributed by atoms with van der Waals surface area (Å²) in [6.07, 6.45) is 3.23. The Bertz CT molecular complexity index is 889. The molecule has 4 rings (SSSR count). The van der Waals surface area contributed by atoms with Crippen LogP contribution in [0.1, 0.15) is 45.8 Å². The largest absolute Gasteiger partial charge is 0.327 e. The summed E-state index contributed by atoms with van der Waals surface area (Å²) < 4.78 is 3.49. The number of hydrogen-bond acceptors (Lipinski definition) is 3. The Balaban J connectivity index is 1.66. The minimum absolute atomic E-state index is 0.0870. The number of nitrogens with zero attached hydrogens (tertiary/aromatic N) is 4. The number of rotatable bonds is 1. The Morgan fingerprint density at radius 3 is 2.83 bits per heavy atom. The second-order valence-corrected chi connectivity index (χ2v) is 6.97. The van der Waals surface area contributed by atoms with Gasteiger partial charge < -0.3 is 9.47 Å². The Kier molecular flexibility index (Phi) is 3.53. The zero-order valence-electron chi connectivity index (χ0n) is 13.8. The molecule has 0 atom stereocenters. The molecule has 1 amide bonds. The van der Waals surface area contributed by atoms with Gasteiger partial charge in [-0.2, -0.15) is 5.10 Å². The molecule has 0 aliphatic carbocycles. The molecule has 0 fully saturated rings. The molecular weight excluding hydrogens is 328 g/mol. The smallest absolute Gasteiger partial charge is 0.275 e. The first kappa shape index (κ1) is 15.4. The van der Waals surface area contributed by atoms with Crippen molar-refractivity contribution in [1.82, 2.24) is 19.2 Å². The van der Waals surface area contributed by atoms with E-state index in [2.05, 4.69) is 5.10 Å². The van der Waals surface area contributed by atoms with Gasteiger partial charge in [-0.25, -0.2) is 0 Å². The Morgan fingerprint density at radius 1 is 1.29 bits per heavy atom. The second kappa shape index (κ2) is 5.48. The van der Waals surface area contributed by atoms with Gasteiger partial charge in [0.1, 0.15) is 5.02 Å². The molecule has 0 saturated heterocycles. The van der Waals surface area contributed by atoms with Crippen molar-refractivity contribution in [3.63, 3.8) is 0 Å². The molecule has 0 saturated carbocycles. The molecule has 0 aromatic carbocycles. The highest BCUT2D eigenvalue weighted by atomic mass is 35.5. The molecule has 0 N–H and O–H groups in total. The number of aromatic nitrogens is 3. The number of halogens is 1. The summed E-state index contributed by atoms with van der Waals surface area (Å²) >= 11 is 6.13. The quantitative estimate of drug-likeness (QED) is 0.794. The molecule has 0 unspecified atom stereocenters. The van der Waals surface area contributed by atoms with Crippen LogP contribution >= 0.6 is 11.6 Å². The number of fused-ring (bicyclic) bond motifs is 2. The topological polar surface area (TPSA) is 60.1 Å². The summed E-state index contributed by atoms with van der Waals surface area (Å²) in [5.41, 5.74) is 4.02. The summed E-state index contributed by atoms with van der Waals surface area (Å²) in [4.78, 5) is 26.7. The monoisotopic (exact) mass is 346 g/mol. The van der Waals surface area contributed by atoms with Gasteiger partial charge in [-0.3, -0.25) is 14.3 Å². The Labute approximate surface area is 144 Å². The van der Waals surface area contributed by atoms with Crippen molar-refractivity contribution >= 4 is 17.5 Å². The maximum Gasteiger partial charge on any atom is 0.275 e. The molecular formula is C17H19ClN4O2. The van der Waals surface area contributed by atoms with Crippen molar-refractivity contribution < 1.29 is 4.79 Å². The maximum atomic E-state index is 12.9. The van der Waals surface area contributed by atoms with Crippen LogP contribution in [-0.2, 0) is 33.1 Å². The molecule has 6 nitrogen and oxygen atoms in total. The van der Waals surface area contributed by atoms with Crippen LogP contribution in [0.2, 0.25) is 5.02 Å². The lowest BCUT2D eigenvalue weighted by Crippen LogP contribution is -2.27. The molecule has 2 aromatic heterocycles. The SMILES string of the molecule is Cc1c2c(n(C)c(=O)c1Cl)CN(C(=O)c1cc3n(n1)CCCC3)C2. The minimum Gasteiger partial charge on any atom is -0.327 e. The molecule has 7 heteroatoms. The van der Waals surface area contributed by atoms with Gasteiger partial charge >= 0.3 is 0 Å². The fourth-order valence-corrected chi connectivity index (χ4v) is 3.89.